The molecule has 2 aromatic carbocycles. The lowest BCUT2D eigenvalue weighted by atomic mass is 9.79. The van der Waals surface area contributed by atoms with Crippen LogP contribution in [-0.2, 0) is 16.2 Å². The van der Waals surface area contributed by atoms with Crippen LogP contribution in [0.4, 0.5) is 10.5 Å². The molecule has 8 nitrogen and oxygen atoms in total. The quantitative estimate of drug-likeness (QED) is 0.175. The van der Waals surface area contributed by atoms with Crippen LogP contribution in [0.2, 0.25) is 10.0 Å². The van der Waals surface area contributed by atoms with Gasteiger partial charge in [0.1, 0.15) is 11.4 Å². The molecule has 228 valence electrons. The minimum absolute atomic E-state index is 0.255. The smallest absolute Gasteiger partial charge is 0.494 e. The van der Waals surface area contributed by atoms with Crippen molar-refractivity contribution in [2.45, 2.75) is 59.8 Å². The van der Waals surface area contributed by atoms with E-state index in [1.54, 1.807) is 6.07 Å². The van der Waals surface area contributed by atoms with E-state index >= 15 is 0 Å². The highest BCUT2D eigenvalue weighted by Crippen LogP contribution is 2.34. The fourth-order valence-corrected chi connectivity index (χ4v) is 4.99. The van der Waals surface area contributed by atoms with Gasteiger partial charge in [-0.2, -0.15) is 0 Å². The van der Waals surface area contributed by atoms with Crippen molar-refractivity contribution in [3.8, 4) is 5.75 Å². The number of aromatic nitrogens is 1. The first-order valence-corrected chi connectivity index (χ1v) is 15.1. The van der Waals surface area contributed by atoms with E-state index in [2.05, 4.69) is 9.80 Å². The summed E-state index contributed by atoms with van der Waals surface area (Å²) >= 11 is 12.6. The van der Waals surface area contributed by atoms with Gasteiger partial charge in [0.05, 0.1) is 27.9 Å². The van der Waals surface area contributed by atoms with Gasteiger partial charge in [0, 0.05) is 43.7 Å². The van der Waals surface area contributed by atoms with Crippen molar-refractivity contribution in [1.29, 1.82) is 0 Å². The molecule has 1 aliphatic rings. The molecule has 3 aromatic rings. The number of benzene rings is 2. The number of ether oxygens (including phenoxy) is 3. The number of unbranched alkanes of at least 4 members (excludes halogenated alkanes) is 1. The molecule has 0 saturated carbocycles. The predicted octanol–water partition coefficient (Wildman–Crippen LogP) is 7.22. The van der Waals surface area contributed by atoms with Gasteiger partial charge in [-0.3, -0.25) is 14.3 Å². The summed E-state index contributed by atoms with van der Waals surface area (Å²) in [4.78, 5) is 29.8. The third-order valence-corrected chi connectivity index (χ3v) is 9.01. The van der Waals surface area contributed by atoms with E-state index < -0.39 is 11.8 Å². The Kier molecular flexibility index (Phi) is 10.3. The van der Waals surface area contributed by atoms with E-state index in [0.29, 0.717) is 27.9 Å². The van der Waals surface area contributed by atoms with E-state index in [-0.39, 0.29) is 17.7 Å². The second-order valence-corrected chi connectivity index (χ2v) is 12.9. The van der Waals surface area contributed by atoms with Gasteiger partial charge < -0.3 is 19.1 Å². The molecule has 1 saturated heterocycles. The summed E-state index contributed by atoms with van der Waals surface area (Å²) in [5, 5.41) is 2.04. The highest BCUT2D eigenvalue weighted by molar-refractivity contribution is 6.43. The van der Waals surface area contributed by atoms with E-state index in [1.165, 1.54) is 10.6 Å². The first-order valence-electron chi connectivity index (χ1n) is 14.4. The maximum Gasteiger partial charge on any atom is 0.510 e. The van der Waals surface area contributed by atoms with Gasteiger partial charge in [-0.1, -0.05) is 50.0 Å². The SMILES string of the molecule is CC(C)(C)C(C)(C)OC(=O)OCn1c(=O)ccc2ccc(OCCCCN3CCN(c4cccc(Cl)c4Cl)CC3)cc21. The molecule has 10 heteroatoms. The zero-order valence-corrected chi connectivity index (χ0v) is 26.6. The second-order valence-electron chi connectivity index (χ2n) is 12.2. The fraction of sp³-hybridized carbons (Fsp3) is 0.500. The molecule has 0 amide bonds. The van der Waals surface area contributed by atoms with Crippen LogP contribution >= 0.6 is 23.2 Å². The number of carbonyl (C=O) groups is 1. The topological polar surface area (TPSA) is 73.2 Å². The summed E-state index contributed by atoms with van der Waals surface area (Å²) in [5.74, 6) is 0.658. The molecular weight excluding hydrogens is 577 g/mol. The van der Waals surface area contributed by atoms with Gasteiger partial charge in [-0.25, -0.2) is 4.79 Å². The summed E-state index contributed by atoms with van der Waals surface area (Å²) in [6, 6.07) is 14.6. The number of halogens is 2. The van der Waals surface area contributed by atoms with Crippen molar-refractivity contribution >= 4 is 45.9 Å². The zero-order valence-electron chi connectivity index (χ0n) is 25.1. The van der Waals surface area contributed by atoms with Gasteiger partial charge >= 0.3 is 6.16 Å². The first-order chi connectivity index (χ1) is 19.9. The van der Waals surface area contributed by atoms with Crippen LogP contribution in [-0.4, -0.2) is 60.6 Å². The molecule has 1 aliphatic heterocycles. The Bertz CT molecular complexity index is 1440. The van der Waals surface area contributed by atoms with Crippen molar-refractivity contribution in [2.75, 3.05) is 44.2 Å². The lowest BCUT2D eigenvalue weighted by Gasteiger charge is -2.37. The number of hydrogen-bond acceptors (Lipinski definition) is 7. The Labute approximate surface area is 258 Å². The molecule has 1 aromatic heterocycles. The number of pyridine rings is 1. The molecule has 1 fully saturated rings. The number of rotatable bonds is 10. The molecule has 0 spiro atoms. The number of nitrogens with zero attached hydrogens (tertiary/aromatic N) is 3. The Morgan fingerprint density at radius 2 is 1.64 bits per heavy atom. The van der Waals surface area contributed by atoms with E-state index in [9.17, 15) is 9.59 Å². The average molecular weight is 619 g/mol. The van der Waals surface area contributed by atoms with E-state index in [1.807, 2.05) is 71.0 Å². The minimum Gasteiger partial charge on any atom is -0.494 e. The molecule has 2 heterocycles. The van der Waals surface area contributed by atoms with Gasteiger partial charge in [0.15, 0.2) is 6.73 Å². The maximum atomic E-state index is 12.7. The van der Waals surface area contributed by atoms with E-state index in [0.717, 1.165) is 56.6 Å². The van der Waals surface area contributed by atoms with Crippen LogP contribution in [0.1, 0.15) is 47.5 Å². The summed E-state index contributed by atoms with van der Waals surface area (Å²) in [7, 11) is 0. The van der Waals surface area contributed by atoms with Gasteiger partial charge in [0.2, 0.25) is 0 Å². The van der Waals surface area contributed by atoms with Crippen LogP contribution in [0.5, 0.6) is 5.75 Å². The monoisotopic (exact) mass is 617 g/mol. The molecule has 0 unspecified atom stereocenters. The standard InChI is InChI=1S/C32H41Cl2N3O5/c1-31(2,3)32(4,5)42-30(39)41-22-37-27-21-24(13-11-23(27)12-14-28(37)38)40-20-7-6-15-35-16-18-36(19-17-35)26-10-8-9-25(33)29(26)34/h8-14,21H,6-7,15-20,22H2,1-5H3. The van der Waals surface area contributed by atoms with Gasteiger partial charge in [-0.15, -0.1) is 0 Å². The minimum atomic E-state index is -0.819. The Hall–Kier alpha value is -2.94. The number of anilines is 1. The second kappa shape index (κ2) is 13.6. The number of hydrogen-bond donors (Lipinski definition) is 0. The average Bonchev–Trinajstić information content (AvgIpc) is 2.93. The molecular formula is C32H41Cl2N3O5. The molecule has 0 radical (unpaired) electrons. The molecule has 0 N–H and O–H groups in total. The Balaban J connectivity index is 1.25. The maximum absolute atomic E-state index is 12.7. The third kappa shape index (κ3) is 7.91. The van der Waals surface area contributed by atoms with Crippen molar-refractivity contribution in [3.05, 3.63) is 68.9 Å². The van der Waals surface area contributed by atoms with Crippen molar-refractivity contribution in [1.82, 2.24) is 9.47 Å². The first kappa shape index (κ1) is 32.0. The molecule has 0 bridgehead atoms. The summed E-state index contributed by atoms with van der Waals surface area (Å²) in [6.45, 7) is 14.7. The number of piperazine rings is 1. The molecule has 0 aliphatic carbocycles. The largest absolute Gasteiger partial charge is 0.510 e. The lowest BCUT2D eigenvalue weighted by Crippen LogP contribution is -2.46. The van der Waals surface area contributed by atoms with Crippen LogP contribution in [0, 0.1) is 5.41 Å². The van der Waals surface area contributed by atoms with Crippen LogP contribution < -0.4 is 15.2 Å². The normalized spacial score (nSPS) is 14.7. The van der Waals surface area contributed by atoms with Gasteiger partial charge in [0.25, 0.3) is 5.56 Å². The summed E-state index contributed by atoms with van der Waals surface area (Å²) < 4.78 is 18.3. The zero-order chi connectivity index (χ0) is 30.5. The molecule has 4 rings (SSSR count). The summed E-state index contributed by atoms with van der Waals surface area (Å²) in [5.41, 5.74) is 0.319. The highest BCUT2D eigenvalue weighted by atomic mass is 35.5. The number of fused-ring (bicyclic) bond motifs is 1. The van der Waals surface area contributed by atoms with Crippen LogP contribution in [0.25, 0.3) is 10.9 Å². The van der Waals surface area contributed by atoms with Gasteiger partial charge in [-0.05, 0) is 69.0 Å². The van der Waals surface area contributed by atoms with Crippen LogP contribution in [0.3, 0.4) is 0 Å². The molecule has 42 heavy (non-hydrogen) atoms. The predicted molar refractivity (Wildman–Crippen MR) is 169 cm³/mol. The van der Waals surface area contributed by atoms with E-state index in [4.69, 9.17) is 37.4 Å². The fourth-order valence-electron chi connectivity index (χ4n) is 4.58. The lowest BCUT2D eigenvalue weighted by molar-refractivity contribution is -0.0786. The van der Waals surface area contributed by atoms with Crippen molar-refractivity contribution in [2.24, 2.45) is 5.41 Å². The molecule has 0 atom stereocenters. The number of carbonyl (C=O) groups excluding carboxylic acids is 1. The van der Waals surface area contributed by atoms with Crippen LogP contribution in [0.15, 0.2) is 53.3 Å². The Morgan fingerprint density at radius 1 is 0.929 bits per heavy atom. The highest BCUT2D eigenvalue weighted by Gasteiger charge is 2.37. The Morgan fingerprint density at radius 3 is 2.36 bits per heavy atom. The van der Waals surface area contributed by atoms with Crippen molar-refractivity contribution < 1.29 is 19.0 Å². The van der Waals surface area contributed by atoms with Crippen molar-refractivity contribution in [3.63, 3.8) is 0 Å². The summed E-state index contributed by atoms with van der Waals surface area (Å²) in [6.07, 6.45) is 1.09. The third-order valence-electron chi connectivity index (χ3n) is 8.20.